The maximum atomic E-state index is 12.2. The Hall–Kier alpha value is -1.03. The third kappa shape index (κ3) is 4.86. The van der Waals surface area contributed by atoms with E-state index in [0.29, 0.717) is 21.3 Å². The summed E-state index contributed by atoms with van der Waals surface area (Å²) in [5.41, 5.74) is -5.47. The van der Waals surface area contributed by atoms with E-state index >= 15 is 0 Å². The van der Waals surface area contributed by atoms with E-state index in [0.717, 1.165) is 0 Å². The van der Waals surface area contributed by atoms with E-state index in [1.54, 1.807) is 30.3 Å². The lowest BCUT2D eigenvalue weighted by atomic mass is 10.4. The molecule has 0 amide bonds. The average Bonchev–Trinajstić information content (AvgIpc) is 2.28. The number of alkyl halides is 3. The predicted molar refractivity (Wildman–Crippen MR) is 65.3 cm³/mol. The first-order valence-electron chi connectivity index (χ1n) is 4.88. The van der Waals surface area contributed by atoms with Crippen molar-refractivity contribution in [2.24, 2.45) is 0 Å². The number of benzene rings is 1. The van der Waals surface area contributed by atoms with Gasteiger partial charge < -0.3 is 0 Å². The molecular weight excluding hydrogens is 303 g/mol. The van der Waals surface area contributed by atoms with Crippen molar-refractivity contribution in [2.75, 3.05) is 6.54 Å². The quantitative estimate of drug-likeness (QED) is 0.350. The van der Waals surface area contributed by atoms with E-state index in [4.69, 9.17) is 0 Å². The Morgan fingerprint density at radius 2 is 1.89 bits per heavy atom. The molecule has 0 radical (unpaired) electrons. The van der Waals surface area contributed by atoms with Crippen LogP contribution in [0.1, 0.15) is 0 Å². The highest BCUT2D eigenvalue weighted by Crippen LogP contribution is 2.30. The van der Waals surface area contributed by atoms with Crippen LogP contribution in [-0.2, 0) is 14.4 Å². The lowest BCUT2D eigenvalue weighted by Crippen LogP contribution is -2.31. The van der Waals surface area contributed by atoms with Crippen LogP contribution < -0.4 is 0 Å². The highest BCUT2D eigenvalue weighted by atomic mass is 32.2. The molecular formula is C10H10F3NO3S2. The number of hydrogen-bond donors (Lipinski definition) is 0. The van der Waals surface area contributed by atoms with Crippen LogP contribution in [0.5, 0.6) is 0 Å². The molecule has 0 fully saturated rings. The van der Waals surface area contributed by atoms with Gasteiger partial charge in [0.15, 0.2) is 0 Å². The van der Waals surface area contributed by atoms with E-state index in [2.05, 4.69) is 10.9 Å². The summed E-state index contributed by atoms with van der Waals surface area (Å²) in [6, 6.07) is 8.24. The molecule has 0 N–H and O–H groups in total. The van der Waals surface area contributed by atoms with Gasteiger partial charge in [0.25, 0.3) is 0 Å². The monoisotopic (exact) mass is 313 g/mol. The second-order valence-corrected chi connectivity index (χ2v) is 5.76. The Balaban J connectivity index is 2.82. The predicted octanol–water partition coefficient (Wildman–Crippen LogP) is 2.96. The minimum atomic E-state index is -5.68. The summed E-state index contributed by atoms with van der Waals surface area (Å²) in [5.74, 6) is 0. The number of halogens is 3. The van der Waals surface area contributed by atoms with Gasteiger partial charge in [0.2, 0.25) is 0 Å². The fraction of sp³-hybridized carbons (Fsp3) is 0.200. The number of hydrogen-bond acceptors (Lipinski definition) is 5. The van der Waals surface area contributed by atoms with Gasteiger partial charge in [-0.15, -0.1) is 11.0 Å². The summed E-state index contributed by atoms with van der Waals surface area (Å²) in [4.78, 5) is 0.529. The first kappa shape index (κ1) is 16.0. The molecule has 0 aliphatic heterocycles. The summed E-state index contributed by atoms with van der Waals surface area (Å²) in [5, 5.41) is 0. The Morgan fingerprint density at radius 3 is 2.37 bits per heavy atom. The van der Waals surface area contributed by atoms with Crippen LogP contribution in [0.2, 0.25) is 0 Å². The van der Waals surface area contributed by atoms with Gasteiger partial charge >= 0.3 is 15.6 Å². The van der Waals surface area contributed by atoms with Gasteiger partial charge in [-0.3, -0.25) is 0 Å². The molecule has 0 saturated carbocycles. The standard InChI is InChI=1S/C10H10F3NO3S2/c1-2-8-14(17-19(15,16)10(11,12)13)18-9-6-4-3-5-7-9/h2-7H,1,8H2. The van der Waals surface area contributed by atoms with Gasteiger partial charge in [0.05, 0.1) is 6.54 Å². The van der Waals surface area contributed by atoms with Gasteiger partial charge in [0, 0.05) is 4.90 Å². The zero-order chi connectivity index (χ0) is 14.5. The molecule has 0 atom stereocenters. The van der Waals surface area contributed by atoms with Crippen LogP contribution >= 0.6 is 11.9 Å². The molecule has 19 heavy (non-hydrogen) atoms. The van der Waals surface area contributed by atoms with E-state index < -0.39 is 15.6 Å². The molecule has 1 aromatic rings. The van der Waals surface area contributed by atoms with Crippen molar-refractivity contribution in [3.05, 3.63) is 43.0 Å². The molecule has 0 aliphatic carbocycles. The summed E-state index contributed by atoms with van der Waals surface area (Å²) in [6.07, 6.45) is 1.22. The van der Waals surface area contributed by atoms with Crippen molar-refractivity contribution in [1.82, 2.24) is 4.47 Å². The fourth-order valence-electron chi connectivity index (χ4n) is 0.939. The third-order valence-electron chi connectivity index (χ3n) is 1.69. The SMILES string of the molecule is C=CCN(OS(=O)(=O)C(F)(F)F)Sc1ccccc1. The molecule has 4 nitrogen and oxygen atoms in total. The Bertz CT molecular complexity index is 517. The third-order valence-corrected chi connectivity index (χ3v) is 3.64. The van der Waals surface area contributed by atoms with Crippen LogP contribution in [0.15, 0.2) is 47.9 Å². The van der Waals surface area contributed by atoms with Gasteiger partial charge in [-0.2, -0.15) is 25.9 Å². The van der Waals surface area contributed by atoms with Crippen molar-refractivity contribution >= 4 is 22.1 Å². The smallest absolute Gasteiger partial charge is 0.188 e. The van der Waals surface area contributed by atoms with Crippen LogP contribution in [0, 0.1) is 0 Å². The lowest BCUT2D eigenvalue weighted by Gasteiger charge is -2.18. The molecule has 0 spiro atoms. The van der Waals surface area contributed by atoms with Crippen molar-refractivity contribution in [2.45, 2.75) is 10.4 Å². The Labute approximate surface area is 113 Å². The molecule has 0 heterocycles. The summed E-state index contributed by atoms with van der Waals surface area (Å²) in [7, 11) is -5.68. The van der Waals surface area contributed by atoms with E-state index in [1.165, 1.54) is 6.08 Å². The number of rotatable bonds is 6. The summed E-state index contributed by atoms with van der Waals surface area (Å²) >= 11 is 0.717. The highest BCUT2D eigenvalue weighted by Gasteiger charge is 2.49. The minimum absolute atomic E-state index is 0.200. The zero-order valence-electron chi connectivity index (χ0n) is 9.50. The van der Waals surface area contributed by atoms with Crippen molar-refractivity contribution in [3.8, 4) is 0 Å². The van der Waals surface area contributed by atoms with E-state index in [-0.39, 0.29) is 6.54 Å². The fourth-order valence-corrected chi connectivity index (χ4v) is 2.36. The average molecular weight is 313 g/mol. The Kier molecular flexibility index (Phi) is 5.41. The summed E-state index contributed by atoms with van der Waals surface area (Å²) in [6.45, 7) is 3.12. The maximum absolute atomic E-state index is 12.2. The largest absolute Gasteiger partial charge is 0.524 e. The van der Waals surface area contributed by atoms with Gasteiger partial charge in [-0.25, -0.2) is 0 Å². The molecule has 0 aromatic heterocycles. The highest BCUT2D eigenvalue weighted by molar-refractivity contribution is 7.97. The first-order chi connectivity index (χ1) is 8.76. The van der Waals surface area contributed by atoms with Crippen molar-refractivity contribution < 1.29 is 25.9 Å². The molecule has 1 aromatic carbocycles. The van der Waals surface area contributed by atoms with Crippen LogP contribution in [-0.4, -0.2) is 24.9 Å². The minimum Gasteiger partial charge on any atom is -0.188 e. The molecule has 106 valence electrons. The molecule has 0 unspecified atom stereocenters. The van der Waals surface area contributed by atoms with Gasteiger partial charge in [0.1, 0.15) is 0 Å². The normalized spacial score (nSPS) is 12.6. The maximum Gasteiger partial charge on any atom is 0.524 e. The Morgan fingerprint density at radius 1 is 1.32 bits per heavy atom. The molecule has 0 bridgehead atoms. The summed E-state index contributed by atoms with van der Waals surface area (Å²) < 4.78 is 63.0. The van der Waals surface area contributed by atoms with E-state index in [9.17, 15) is 21.6 Å². The van der Waals surface area contributed by atoms with Crippen molar-refractivity contribution in [1.29, 1.82) is 0 Å². The van der Waals surface area contributed by atoms with Gasteiger partial charge in [-0.1, -0.05) is 24.3 Å². The van der Waals surface area contributed by atoms with Gasteiger partial charge in [-0.05, 0) is 24.1 Å². The molecule has 1 rings (SSSR count). The lowest BCUT2D eigenvalue weighted by molar-refractivity contribution is -0.0692. The second-order valence-electron chi connectivity index (χ2n) is 3.18. The topological polar surface area (TPSA) is 46.6 Å². The molecule has 9 heteroatoms. The van der Waals surface area contributed by atoms with Crippen LogP contribution in [0.3, 0.4) is 0 Å². The van der Waals surface area contributed by atoms with Crippen LogP contribution in [0.4, 0.5) is 13.2 Å². The molecule has 0 aliphatic rings. The molecule has 0 saturated heterocycles. The van der Waals surface area contributed by atoms with Crippen LogP contribution in [0.25, 0.3) is 0 Å². The number of hydroxylamine groups is 1. The first-order valence-corrected chi connectivity index (χ1v) is 7.07. The van der Waals surface area contributed by atoms with E-state index in [1.807, 2.05) is 0 Å². The second kappa shape index (κ2) is 6.42. The number of nitrogens with zero attached hydrogens (tertiary/aromatic N) is 1. The zero-order valence-corrected chi connectivity index (χ0v) is 11.1. The van der Waals surface area contributed by atoms with Crippen molar-refractivity contribution in [3.63, 3.8) is 0 Å².